The number of nitrogens with zero attached hydrogens (tertiary/aromatic N) is 2. The lowest BCUT2D eigenvalue weighted by Crippen LogP contribution is -2.41. The molecule has 0 fully saturated rings. The first-order chi connectivity index (χ1) is 10.1. The molecule has 0 amide bonds. The van der Waals surface area contributed by atoms with Crippen LogP contribution in [0.3, 0.4) is 0 Å². The highest BCUT2D eigenvalue weighted by Crippen LogP contribution is 2.09. The van der Waals surface area contributed by atoms with Crippen LogP contribution in [-0.2, 0) is 6.42 Å². The topological polar surface area (TPSA) is 53.6 Å². The third kappa shape index (κ3) is 7.98. The van der Waals surface area contributed by atoms with E-state index in [1.807, 2.05) is 0 Å². The number of guanidine groups is 1. The molecule has 5 heteroatoms. The van der Waals surface area contributed by atoms with Gasteiger partial charge in [0.1, 0.15) is 0 Å². The molecule has 1 rings (SSSR count). The van der Waals surface area contributed by atoms with Gasteiger partial charge in [-0.3, -0.25) is 9.89 Å². The van der Waals surface area contributed by atoms with Crippen LogP contribution in [0, 0.1) is 0 Å². The fourth-order valence-electron chi connectivity index (χ4n) is 2.48. The van der Waals surface area contributed by atoms with Crippen LogP contribution in [0.25, 0.3) is 0 Å². The summed E-state index contributed by atoms with van der Waals surface area (Å²) in [7, 11) is 0. The van der Waals surface area contributed by atoms with Crippen molar-refractivity contribution in [2.75, 3.05) is 19.6 Å². The number of aliphatic imine (C=N–C) groups is 1. The SMILES string of the molecule is CCN(CC)C(CN=C(N)NC(C)C)Cc1ccccc1.I. The number of benzene rings is 1. The lowest BCUT2D eigenvalue weighted by Gasteiger charge is -2.28. The predicted octanol–water partition coefficient (Wildman–Crippen LogP) is 2.87. The van der Waals surface area contributed by atoms with Crippen LogP contribution < -0.4 is 11.1 Å². The Balaban J connectivity index is 0.00000441. The van der Waals surface area contributed by atoms with Gasteiger partial charge in [0.2, 0.25) is 0 Å². The number of nitrogens with two attached hydrogens (primary N) is 1. The van der Waals surface area contributed by atoms with E-state index in [0.29, 0.717) is 18.0 Å². The van der Waals surface area contributed by atoms with Gasteiger partial charge in [0.05, 0.1) is 6.54 Å². The second-order valence-electron chi connectivity index (χ2n) is 5.59. The van der Waals surface area contributed by atoms with Crippen molar-refractivity contribution >= 4 is 29.9 Å². The van der Waals surface area contributed by atoms with Crippen molar-refractivity contribution in [3.8, 4) is 0 Å². The Bertz CT molecular complexity index is 416. The van der Waals surface area contributed by atoms with Crippen LogP contribution in [-0.4, -0.2) is 42.6 Å². The van der Waals surface area contributed by atoms with E-state index in [4.69, 9.17) is 5.73 Å². The average molecular weight is 418 g/mol. The molecule has 1 aromatic rings. The number of hydrogen-bond donors (Lipinski definition) is 2. The molecular formula is C17H31IN4. The van der Waals surface area contributed by atoms with Crippen molar-refractivity contribution in [3.05, 3.63) is 35.9 Å². The molecule has 1 atom stereocenters. The molecule has 4 nitrogen and oxygen atoms in total. The van der Waals surface area contributed by atoms with Crippen molar-refractivity contribution < 1.29 is 0 Å². The normalized spacial score (nSPS) is 13.1. The Kier molecular flexibility index (Phi) is 11.3. The summed E-state index contributed by atoms with van der Waals surface area (Å²) in [5.41, 5.74) is 7.27. The first-order valence-electron chi connectivity index (χ1n) is 7.91. The monoisotopic (exact) mass is 418 g/mol. The molecule has 1 unspecified atom stereocenters. The van der Waals surface area contributed by atoms with E-state index in [1.54, 1.807) is 0 Å². The van der Waals surface area contributed by atoms with Crippen LogP contribution in [0.2, 0.25) is 0 Å². The fourth-order valence-corrected chi connectivity index (χ4v) is 2.48. The number of halogens is 1. The first-order valence-corrected chi connectivity index (χ1v) is 7.91. The van der Waals surface area contributed by atoms with Crippen LogP contribution in [0.5, 0.6) is 0 Å². The lowest BCUT2D eigenvalue weighted by molar-refractivity contribution is 0.220. The van der Waals surface area contributed by atoms with Gasteiger partial charge in [-0.25, -0.2) is 0 Å². The summed E-state index contributed by atoms with van der Waals surface area (Å²) >= 11 is 0. The molecule has 0 aliphatic carbocycles. The zero-order chi connectivity index (χ0) is 15.7. The summed E-state index contributed by atoms with van der Waals surface area (Å²) in [4.78, 5) is 6.96. The van der Waals surface area contributed by atoms with Gasteiger partial charge in [-0.05, 0) is 38.9 Å². The Labute approximate surface area is 152 Å². The van der Waals surface area contributed by atoms with E-state index in [1.165, 1.54) is 5.56 Å². The van der Waals surface area contributed by atoms with E-state index >= 15 is 0 Å². The zero-order valence-electron chi connectivity index (χ0n) is 14.2. The van der Waals surface area contributed by atoms with E-state index in [-0.39, 0.29) is 24.0 Å². The second-order valence-corrected chi connectivity index (χ2v) is 5.59. The molecule has 3 N–H and O–H groups in total. The van der Waals surface area contributed by atoms with Gasteiger partial charge in [-0.15, -0.1) is 24.0 Å². The van der Waals surface area contributed by atoms with Crippen LogP contribution >= 0.6 is 24.0 Å². The van der Waals surface area contributed by atoms with Gasteiger partial charge in [-0.1, -0.05) is 44.2 Å². The van der Waals surface area contributed by atoms with Gasteiger partial charge in [0.15, 0.2) is 5.96 Å². The standard InChI is InChI=1S/C17H30N4.HI/c1-5-21(6-2)16(12-15-10-8-7-9-11-15)13-19-17(18)20-14(3)4;/h7-11,14,16H,5-6,12-13H2,1-4H3,(H3,18,19,20);1H. The van der Waals surface area contributed by atoms with Crippen molar-refractivity contribution in [1.29, 1.82) is 0 Å². The van der Waals surface area contributed by atoms with Gasteiger partial charge in [0, 0.05) is 12.1 Å². The highest BCUT2D eigenvalue weighted by molar-refractivity contribution is 14.0. The second kappa shape index (κ2) is 11.7. The molecular weight excluding hydrogens is 387 g/mol. The third-order valence-electron chi connectivity index (χ3n) is 3.55. The minimum Gasteiger partial charge on any atom is -0.370 e. The van der Waals surface area contributed by atoms with E-state index in [2.05, 4.69) is 73.2 Å². The van der Waals surface area contributed by atoms with Crippen LogP contribution in [0.4, 0.5) is 0 Å². The Hall–Kier alpha value is -0.820. The highest BCUT2D eigenvalue weighted by atomic mass is 127. The van der Waals surface area contributed by atoms with E-state index < -0.39 is 0 Å². The molecule has 0 spiro atoms. The number of nitrogens with one attached hydrogen (secondary N) is 1. The molecule has 0 aliphatic heterocycles. The van der Waals surface area contributed by atoms with Crippen molar-refractivity contribution in [1.82, 2.24) is 10.2 Å². The summed E-state index contributed by atoms with van der Waals surface area (Å²) in [5.74, 6) is 0.537. The number of hydrogen-bond acceptors (Lipinski definition) is 2. The quantitative estimate of drug-likeness (QED) is 0.388. The van der Waals surface area contributed by atoms with Gasteiger partial charge in [-0.2, -0.15) is 0 Å². The molecule has 0 aromatic heterocycles. The highest BCUT2D eigenvalue weighted by Gasteiger charge is 2.16. The largest absolute Gasteiger partial charge is 0.370 e. The molecule has 0 bridgehead atoms. The average Bonchev–Trinajstić information content (AvgIpc) is 2.46. The maximum atomic E-state index is 5.92. The smallest absolute Gasteiger partial charge is 0.188 e. The fraction of sp³-hybridized carbons (Fsp3) is 0.588. The lowest BCUT2D eigenvalue weighted by atomic mass is 10.0. The zero-order valence-corrected chi connectivity index (χ0v) is 16.6. The van der Waals surface area contributed by atoms with E-state index in [0.717, 1.165) is 26.1 Å². The Morgan fingerprint density at radius 1 is 1.18 bits per heavy atom. The molecule has 22 heavy (non-hydrogen) atoms. The van der Waals surface area contributed by atoms with Crippen molar-refractivity contribution in [2.45, 2.75) is 46.2 Å². The summed E-state index contributed by atoms with van der Waals surface area (Å²) < 4.78 is 0. The van der Waals surface area contributed by atoms with Crippen LogP contribution in [0.1, 0.15) is 33.3 Å². The third-order valence-corrected chi connectivity index (χ3v) is 3.55. The summed E-state index contributed by atoms with van der Waals surface area (Å²) in [6.07, 6.45) is 1.00. The van der Waals surface area contributed by atoms with Gasteiger partial charge in [0.25, 0.3) is 0 Å². The molecule has 126 valence electrons. The Morgan fingerprint density at radius 3 is 2.27 bits per heavy atom. The first kappa shape index (κ1) is 21.2. The molecule has 0 saturated carbocycles. The summed E-state index contributed by atoms with van der Waals surface area (Å²) in [6, 6.07) is 11.3. The molecule has 0 heterocycles. The molecule has 0 aliphatic rings. The number of rotatable bonds is 8. The molecule has 0 saturated heterocycles. The maximum absolute atomic E-state index is 5.92. The van der Waals surface area contributed by atoms with Crippen LogP contribution in [0.15, 0.2) is 35.3 Å². The number of likely N-dealkylation sites (N-methyl/N-ethyl adjacent to an activating group) is 1. The minimum absolute atomic E-state index is 0. The minimum atomic E-state index is 0. The summed E-state index contributed by atoms with van der Waals surface area (Å²) in [6.45, 7) is 11.3. The molecule has 0 radical (unpaired) electrons. The maximum Gasteiger partial charge on any atom is 0.188 e. The van der Waals surface area contributed by atoms with Crippen molar-refractivity contribution in [3.63, 3.8) is 0 Å². The molecule has 1 aromatic carbocycles. The van der Waals surface area contributed by atoms with Gasteiger partial charge >= 0.3 is 0 Å². The van der Waals surface area contributed by atoms with Crippen molar-refractivity contribution in [2.24, 2.45) is 10.7 Å². The Morgan fingerprint density at radius 2 is 1.77 bits per heavy atom. The summed E-state index contributed by atoms with van der Waals surface area (Å²) in [5, 5.41) is 3.15. The predicted molar refractivity (Wildman–Crippen MR) is 107 cm³/mol. The van der Waals surface area contributed by atoms with Gasteiger partial charge < -0.3 is 11.1 Å². The van der Waals surface area contributed by atoms with E-state index in [9.17, 15) is 0 Å².